The molecule has 3 heteroatoms. The summed E-state index contributed by atoms with van der Waals surface area (Å²) in [5.74, 6) is 0.813. The van der Waals surface area contributed by atoms with E-state index in [9.17, 15) is 0 Å². The molecule has 3 rings (SSSR count). The molecule has 0 aliphatic carbocycles. The smallest absolute Gasteiger partial charge is 0.103 e. The van der Waals surface area contributed by atoms with Crippen molar-refractivity contribution in [2.75, 3.05) is 0 Å². The summed E-state index contributed by atoms with van der Waals surface area (Å²) >= 11 is 0. The van der Waals surface area contributed by atoms with Gasteiger partial charge in [0.25, 0.3) is 0 Å². The van der Waals surface area contributed by atoms with Gasteiger partial charge in [0.2, 0.25) is 0 Å². The fourth-order valence-electron chi connectivity index (χ4n) is 1.77. The first-order chi connectivity index (χ1) is 8.43. The molecular weight excluding hydrogens is 402 g/mol. The van der Waals surface area contributed by atoms with Crippen molar-refractivity contribution in [1.29, 1.82) is 0 Å². The molecule has 0 fully saturated rings. The van der Waals surface area contributed by atoms with E-state index in [1.807, 2.05) is 54.6 Å². The molecule has 0 bridgehead atoms. The predicted molar refractivity (Wildman–Crippen MR) is 66.9 cm³/mol. The Morgan fingerprint density at radius 3 is 2.50 bits per heavy atom. The Balaban J connectivity index is 0.00000120. The zero-order chi connectivity index (χ0) is 11.5. The summed E-state index contributed by atoms with van der Waals surface area (Å²) in [6.07, 6.45) is 1.52. The van der Waals surface area contributed by atoms with Crippen LogP contribution in [0.15, 0.2) is 60.8 Å². The first-order valence-corrected chi connectivity index (χ1v) is 5.52. The molecule has 0 spiro atoms. The van der Waals surface area contributed by atoms with Gasteiger partial charge in [-0.3, -0.25) is 0 Å². The molecule has 1 radical (unpaired) electrons. The second-order valence-electron chi connectivity index (χ2n) is 3.80. The van der Waals surface area contributed by atoms with E-state index in [0.717, 1.165) is 16.9 Å². The zero-order valence-electron chi connectivity index (χ0n) is 9.54. The molecule has 2 nitrogen and oxygen atoms in total. The van der Waals surface area contributed by atoms with Crippen molar-refractivity contribution in [3.8, 4) is 0 Å². The van der Waals surface area contributed by atoms with Crippen LogP contribution in [0.4, 0.5) is 0 Å². The van der Waals surface area contributed by atoms with Crippen LogP contribution in [-0.4, -0.2) is 0 Å². The number of ether oxygens (including phenoxy) is 1. The summed E-state index contributed by atoms with van der Waals surface area (Å²) in [5, 5.41) is 4.35. The van der Waals surface area contributed by atoms with E-state index in [1.165, 1.54) is 0 Å². The fourth-order valence-corrected chi connectivity index (χ4v) is 1.77. The van der Waals surface area contributed by atoms with Crippen LogP contribution in [0.25, 0.3) is 11.1 Å². The molecule has 0 N–H and O–H groups in total. The molecule has 1 unspecified atom stereocenters. The summed E-state index contributed by atoms with van der Waals surface area (Å²) in [7, 11) is 0. The first-order valence-electron chi connectivity index (χ1n) is 5.52. The Hall–Kier alpha value is -1.57. The van der Waals surface area contributed by atoms with E-state index < -0.39 is 0 Å². The molecule has 0 saturated carbocycles. The third kappa shape index (κ3) is 2.63. The second kappa shape index (κ2) is 5.85. The molecule has 2 aromatic carbocycles. The van der Waals surface area contributed by atoms with Gasteiger partial charge in [-0.25, -0.2) is 0 Å². The van der Waals surface area contributed by atoms with Crippen LogP contribution in [0, 0.1) is 6.07 Å². The Kier molecular flexibility index (Phi) is 4.19. The van der Waals surface area contributed by atoms with Gasteiger partial charge in [-0.2, -0.15) is 30.3 Å². The van der Waals surface area contributed by atoms with Gasteiger partial charge in [0, 0.05) is 31.9 Å². The van der Waals surface area contributed by atoms with Crippen molar-refractivity contribution in [2.45, 2.75) is 6.23 Å². The van der Waals surface area contributed by atoms with E-state index in [2.05, 4.69) is 11.4 Å². The van der Waals surface area contributed by atoms with Gasteiger partial charge >= 0.3 is 0 Å². The Bertz CT molecular complexity index is 525. The van der Waals surface area contributed by atoms with Gasteiger partial charge in [-0.05, 0) is 0 Å². The average molecular weight is 413 g/mol. The zero-order valence-corrected chi connectivity index (χ0v) is 11.9. The molecule has 1 atom stereocenters. The standard InChI is InChI=1S/C15H11NO.Ir/c1-3-7-12(8-4-1)14-11-16-15(17-14)13-9-5-2-6-10-13;/h1-9,11,15H;/q-2;. The first kappa shape index (κ1) is 12.9. The largest absolute Gasteiger partial charge is 0.651 e. The average Bonchev–Trinajstić information content (AvgIpc) is 2.90. The predicted octanol–water partition coefficient (Wildman–Crippen LogP) is 3.89. The van der Waals surface area contributed by atoms with Crippen LogP contribution in [-0.2, 0) is 24.8 Å². The fraction of sp³-hybridized carbons (Fsp3) is 0.0667. The quantitative estimate of drug-likeness (QED) is 0.686. The summed E-state index contributed by atoms with van der Waals surface area (Å²) < 4.78 is 5.80. The van der Waals surface area contributed by atoms with Crippen LogP contribution in [0.1, 0.15) is 17.4 Å². The summed E-state index contributed by atoms with van der Waals surface area (Å²) in [5.41, 5.74) is 2.00. The van der Waals surface area contributed by atoms with Gasteiger partial charge in [-0.15, -0.1) is 11.8 Å². The third-order valence-electron chi connectivity index (χ3n) is 2.62. The molecule has 1 aliphatic heterocycles. The maximum Gasteiger partial charge on any atom is 0.103 e. The normalized spacial score (nSPS) is 17.1. The Morgan fingerprint density at radius 2 is 1.78 bits per heavy atom. The van der Waals surface area contributed by atoms with E-state index in [1.54, 1.807) is 6.20 Å². The maximum atomic E-state index is 5.80. The number of hydrogen-bond acceptors (Lipinski definition) is 1. The molecule has 0 amide bonds. The van der Waals surface area contributed by atoms with E-state index in [4.69, 9.17) is 4.74 Å². The maximum absolute atomic E-state index is 5.80. The van der Waals surface area contributed by atoms with Gasteiger partial charge in [0.15, 0.2) is 0 Å². The third-order valence-corrected chi connectivity index (χ3v) is 2.62. The van der Waals surface area contributed by atoms with Crippen LogP contribution in [0.3, 0.4) is 0 Å². The molecule has 2 aromatic rings. The van der Waals surface area contributed by atoms with Crippen molar-refractivity contribution < 1.29 is 24.8 Å². The van der Waals surface area contributed by atoms with Gasteiger partial charge in [0.1, 0.15) is 5.76 Å². The minimum absolute atomic E-state index is 0. The van der Waals surface area contributed by atoms with Gasteiger partial charge in [-0.1, -0.05) is 30.3 Å². The van der Waals surface area contributed by atoms with Crippen molar-refractivity contribution in [3.05, 3.63) is 83.3 Å². The summed E-state index contributed by atoms with van der Waals surface area (Å²) in [6.45, 7) is 0. The summed E-state index contributed by atoms with van der Waals surface area (Å²) in [4.78, 5) is 0. The number of benzene rings is 2. The van der Waals surface area contributed by atoms with Crippen LogP contribution in [0.2, 0.25) is 0 Å². The second-order valence-corrected chi connectivity index (χ2v) is 3.80. The number of hydrogen-bond donors (Lipinski definition) is 0. The molecule has 0 saturated heterocycles. The van der Waals surface area contributed by atoms with E-state index in [0.29, 0.717) is 0 Å². The molecule has 1 heterocycles. The molecule has 18 heavy (non-hydrogen) atoms. The van der Waals surface area contributed by atoms with Crippen molar-refractivity contribution >= 4 is 5.76 Å². The minimum atomic E-state index is -0.258. The molecule has 0 aromatic heterocycles. The molecular formula is C15H11IrNO-2. The molecule has 93 valence electrons. The van der Waals surface area contributed by atoms with Crippen LogP contribution < -0.4 is 0 Å². The van der Waals surface area contributed by atoms with Crippen molar-refractivity contribution in [1.82, 2.24) is 0 Å². The summed E-state index contributed by atoms with van der Waals surface area (Å²) in [6, 6.07) is 20.9. The Labute approximate surface area is 120 Å². The van der Waals surface area contributed by atoms with Gasteiger partial charge < -0.3 is 10.1 Å². The minimum Gasteiger partial charge on any atom is -0.651 e. The Morgan fingerprint density at radius 1 is 1.00 bits per heavy atom. The van der Waals surface area contributed by atoms with E-state index >= 15 is 0 Å². The van der Waals surface area contributed by atoms with Crippen molar-refractivity contribution in [2.24, 2.45) is 0 Å². The van der Waals surface area contributed by atoms with E-state index in [-0.39, 0.29) is 26.3 Å². The topological polar surface area (TPSA) is 23.3 Å². The van der Waals surface area contributed by atoms with Crippen LogP contribution in [0.5, 0.6) is 0 Å². The number of rotatable bonds is 2. The van der Waals surface area contributed by atoms with Crippen molar-refractivity contribution in [3.63, 3.8) is 0 Å². The molecule has 1 aliphatic rings. The monoisotopic (exact) mass is 414 g/mol. The SMILES string of the molecule is [Ir].[c-]1ccccc1C1[N-]C=C(c2ccccc2)O1. The van der Waals surface area contributed by atoms with Gasteiger partial charge in [0.05, 0.1) is 0 Å². The van der Waals surface area contributed by atoms with Crippen LogP contribution >= 0.6 is 0 Å². The number of nitrogens with zero attached hydrogens (tertiary/aromatic N) is 1.